The number of nitrogens with one attached hydrogen (secondary N) is 1. The summed E-state index contributed by atoms with van der Waals surface area (Å²) in [7, 11) is 0. The Kier molecular flexibility index (Phi) is 5.74. The first-order chi connectivity index (χ1) is 14.1. The van der Waals surface area contributed by atoms with E-state index in [0.717, 1.165) is 48.6 Å². The van der Waals surface area contributed by atoms with Gasteiger partial charge in [0, 0.05) is 25.0 Å². The van der Waals surface area contributed by atoms with E-state index < -0.39 is 0 Å². The molecular weight excluding hydrogens is 360 g/mol. The molecule has 2 aromatic carbocycles. The SMILES string of the molecule is CC1CCN(c2nc(C(=O)NCC(C)c3ccccc3)nc3ccccc23)CC1. The summed E-state index contributed by atoms with van der Waals surface area (Å²) in [5.74, 6) is 1.87. The Morgan fingerprint density at radius 1 is 1.07 bits per heavy atom. The standard InChI is InChI=1S/C24H28N4O/c1-17-12-14-28(15-13-17)23-20-10-6-7-11-21(20)26-22(27-23)24(29)25-16-18(2)19-8-4-3-5-9-19/h3-11,17-18H,12-16H2,1-2H3,(H,25,29). The van der Waals surface area contributed by atoms with Crippen LogP contribution in [-0.4, -0.2) is 35.5 Å². The fourth-order valence-corrected chi connectivity index (χ4v) is 3.85. The van der Waals surface area contributed by atoms with E-state index in [9.17, 15) is 4.79 Å². The molecule has 1 fully saturated rings. The van der Waals surface area contributed by atoms with Crippen molar-refractivity contribution in [1.82, 2.24) is 15.3 Å². The second-order valence-corrected chi connectivity index (χ2v) is 8.08. The number of benzene rings is 2. The lowest BCUT2D eigenvalue weighted by Gasteiger charge is -2.32. The van der Waals surface area contributed by atoms with Crippen molar-refractivity contribution in [2.75, 3.05) is 24.5 Å². The summed E-state index contributed by atoms with van der Waals surface area (Å²) < 4.78 is 0. The van der Waals surface area contributed by atoms with Crippen molar-refractivity contribution in [2.24, 2.45) is 5.92 Å². The maximum absolute atomic E-state index is 12.9. The average Bonchev–Trinajstić information content (AvgIpc) is 2.77. The van der Waals surface area contributed by atoms with Crippen molar-refractivity contribution < 1.29 is 4.79 Å². The molecule has 29 heavy (non-hydrogen) atoms. The minimum Gasteiger partial charge on any atom is -0.356 e. The summed E-state index contributed by atoms with van der Waals surface area (Å²) in [6, 6.07) is 18.2. The first-order valence-corrected chi connectivity index (χ1v) is 10.5. The molecule has 0 bridgehead atoms. The lowest BCUT2D eigenvalue weighted by atomic mass is 9.99. The maximum atomic E-state index is 12.9. The Labute approximate surface area is 172 Å². The highest BCUT2D eigenvalue weighted by Gasteiger charge is 2.22. The van der Waals surface area contributed by atoms with E-state index in [0.29, 0.717) is 6.54 Å². The molecule has 2 heterocycles. The smallest absolute Gasteiger partial charge is 0.289 e. The van der Waals surface area contributed by atoms with Crippen LogP contribution in [0.1, 0.15) is 48.8 Å². The van der Waals surface area contributed by atoms with Gasteiger partial charge in [-0.25, -0.2) is 9.97 Å². The Morgan fingerprint density at radius 2 is 1.76 bits per heavy atom. The third kappa shape index (κ3) is 4.39. The van der Waals surface area contributed by atoms with Crippen LogP contribution in [0.15, 0.2) is 54.6 Å². The molecule has 5 heteroatoms. The number of carbonyl (C=O) groups is 1. The van der Waals surface area contributed by atoms with E-state index in [4.69, 9.17) is 4.98 Å². The lowest BCUT2D eigenvalue weighted by Crippen LogP contribution is -2.35. The van der Waals surface area contributed by atoms with Crippen molar-refractivity contribution >= 4 is 22.6 Å². The fraction of sp³-hybridized carbons (Fsp3) is 0.375. The first kappa shape index (κ1) is 19.4. The van der Waals surface area contributed by atoms with Crippen molar-refractivity contribution in [1.29, 1.82) is 0 Å². The minimum atomic E-state index is -0.217. The number of rotatable bonds is 5. The zero-order chi connectivity index (χ0) is 20.2. The van der Waals surface area contributed by atoms with Crippen molar-refractivity contribution in [3.8, 4) is 0 Å². The molecule has 1 aliphatic heterocycles. The van der Waals surface area contributed by atoms with Gasteiger partial charge in [-0.05, 0) is 42.4 Å². The molecule has 150 valence electrons. The predicted molar refractivity (Wildman–Crippen MR) is 117 cm³/mol. The number of nitrogens with zero attached hydrogens (tertiary/aromatic N) is 3. The van der Waals surface area contributed by atoms with Crippen molar-refractivity contribution in [3.63, 3.8) is 0 Å². The Hall–Kier alpha value is -2.95. The molecule has 1 amide bonds. The number of hydrogen-bond donors (Lipinski definition) is 1. The molecule has 3 aromatic rings. The third-order valence-electron chi connectivity index (χ3n) is 5.81. The van der Waals surface area contributed by atoms with Gasteiger partial charge in [0.2, 0.25) is 5.82 Å². The summed E-state index contributed by atoms with van der Waals surface area (Å²) in [5.41, 5.74) is 2.02. The van der Waals surface area contributed by atoms with Crippen LogP contribution in [0, 0.1) is 5.92 Å². The zero-order valence-electron chi connectivity index (χ0n) is 17.1. The summed E-state index contributed by atoms with van der Waals surface area (Å²) in [4.78, 5) is 24.4. The van der Waals surface area contributed by atoms with E-state index in [2.05, 4.69) is 41.2 Å². The molecule has 1 unspecified atom stereocenters. The number of aromatic nitrogens is 2. The Bertz CT molecular complexity index is 981. The van der Waals surface area contributed by atoms with E-state index in [1.165, 1.54) is 5.56 Å². The molecule has 0 spiro atoms. The van der Waals surface area contributed by atoms with Gasteiger partial charge in [-0.3, -0.25) is 4.79 Å². The third-order valence-corrected chi connectivity index (χ3v) is 5.81. The molecular formula is C24H28N4O. The molecule has 5 nitrogen and oxygen atoms in total. The highest BCUT2D eigenvalue weighted by atomic mass is 16.2. The van der Waals surface area contributed by atoms with Crippen LogP contribution in [0.2, 0.25) is 0 Å². The van der Waals surface area contributed by atoms with E-state index in [-0.39, 0.29) is 17.6 Å². The van der Waals surface area contributed by atoms with Gasteiger partial charge in [-0.2, -0.15) is 0 Å². The first-order valence-electron chi connectivity index (χ1n) is 10.5. The van der Waals surface area contributed by atoms with Gasteiger partial charge in [0.25, 0.3) is 5.91 Å². The number of anilines is 1. The predicted octanol–water partition coefficient (Wildman–Crippen LogP) is 4.40. The van der Waals surface area contributed by atoms with Gasteiger partial charge in [0.15, 0.2) is 0 Å². The van der Waals surface area contributed by atoms with Crippen LogP contribution in [0.25, 0.3) is 10.9 Å². The molecule has 1 aromatic heterocycles. The summed E-state index contributed by atoms with van der Waals surface area (Å²) in [6.45, 7) is 6.89. The molecule has 1 aliphatic rings. The van der Waals surface area contributed by atoms with Gasteiger partial charge in [-0.1, -0.05) is 56.3 Å². The monoisotopic (exact) mass is 388 g/mol. The number of fused-ring (bicyclic) bond motifs is 1. The topological polar surface area (TPSA) is 58.1 Å². The maximum Gasteiger partial charge on any atom is 0.289 e. The van der Waals surface area contributed by atoms with Crippen LogP contribution in [0.5, 0.6) is 0 Å². The largest absolute Gasteiger partial charge is 0.356 e. The van der Waals surface area contributed by atoms with Crippen LogP contribution >= 0.6 is 0 Å². The molecule has 1 atom stereocenters. The van der Waals surface area contributed by atoms with Gasteiger partial charge >= 0.3 is 0 Å². The van der Waals surface area contributed by atoms with Crippen LogP contribution < -0.4 is 10.2 Å². The second-order valence-electron chi connectivity index (χ2n) is 8.08. The fourth-order valence-electron chi connectivity index (χ4n) is 3.85. The number of hydrogen-bond acceptors (Lipinski definition) is 4. The van der Waals surface area contributed by atoms with Gasteiger partial charge in [0.1, 0.15) is 5.82 Å². The normalized spacial score (nSPS) is 16.0. The molecule has 1 saturated heterocycles. The number of piperidine rings is 1. The number of carbonyl (C=O) groups excluding carboxylic acids is 1. The minimum absolute atomic E-state index is 0.217. The lowest BCUT2D eigenvalue weighted by molar-refractivity contribution is 0.0941. The van der Waals surface area contributed by atoms with Gasteiger partial charge < -0.3 is 10.2 Å². The highest BCUT2D eigenvalue weighted by molar-refractivity contribution is 5.96. The van der Waals surface area contributed by atoms with E-state index >= 15 is 0 Å². The quantitative estimate of drug-likeness (QED) is 0.704. The van der Waals surface area contributed by atoms with Gasteiger partial charge in [-0.15, -0.1) is 0 Å². The number of amides is 1. The second kappa shape index (κ2) is 8.60. The van der Waals surface area contributed by atoms with E-state index in [1.807, 2.05) is 42.5 Å². The summed E-state index contributed by atoms with van der Waals surface area (Å²) in [5, 5.41) is 4.03. The molecule has 4 rings (SSSR count). The summed E-state index contributed by atoms with van der Waals surface area (Å²) >= 11 is 0. The van der Waals surface area contributed by atoms with E-state index in [1.54, 1.807) is 0 Å². The molecule has 0 aliphatic carbocycles. The van der Waals surface area contributed by atoms with Crippen LogP contribution in [-0.2, 0) is 0 Å². The average molecular weight is 389 g/mol. The van der Waals surface area contributed by atoms with Crippen molar-refractivity contribution in [3.05, 3.63) is 66.0 Å². The molecule has 1 N–H and O–H groups in total. The van der Waals surface area contributed by atoms with Gasteiger partial charge in [0.05, 0.1) is 5.52 Å². The number of para-hydroxylation sites is 1. The molecule has 0 radical (unpaired) electrons. The van der Waals surface area contributed by atoms with Crippen molar-refractivity contribution in [2.45, 2.75) is 32.6 Å². The highest BCUT2D eigenvalue weighted by Crippen LogP contribution is 2.28. The Balaban J connectivity index is 1.56. The van der Waals surface area contributed by atoms with Crippen LogP contribution in [0.3, 0.4) is 0 Å². The van der Waals surface area contributed by atoms with Crippen LogP contribution in [0.4, 0.5) is 5.82 Å². The zero-order valence-corrected chi connectivity index (χ0v) is 17.1. The summed E-state index contributed by atoms with van der Waals surface area (Å²) in [6.07, 6.45) is 2.29. The Morgan fingerprint density at radius 3 is 2.52 bits per heavy atom. The molecule has 0 saturated carbocycles.